The molecule has 2 aromatic carbocycles. The number of fused-ring (bicyclic) bond motifs is 1. The highest BCUT2D eigenvalue weighted by atomic mass is 16.5. The lowest BCUT2D eigenvalue weighted by atomic mass is 9.99. The molecular formula is C21H22N2O4. The van der Waals surface area contributed by atoms with Crippen molar-refractivity contribution in [3.05, 3.63) is 59.2 Å². The van der Waals surface area contributed by atoms with Gasteiger partial charge < -0.3 is 10.1 Å². The summed E-state index contributed by atoms with van der Waals surface area (Å²) in [4.78, 5) is 37.1. The third-order valence-corrected chi connectivity index (χ3v) is 4.80. The minimum Gasteiger partial charge on any atom is -0.484 e. The number of anilines is 1. The third-order valence-electron chi connectivity index (χ3n) is 4.80. The highest BCUT2D eigenvalue weighted by Crippen LogP contribution is 2.25. The van der Waals surface area contributed by atoms with E-state index in [2.05, 4.69) is 19.2 Å². The molecule has 0 fully saturated rings. The van der Waals surface area contributed by atoms with E-state index in [1.54, 1.807) is 12.1 Å². The molecule has 1 N–H and O–H groups in total. The number of ether oxygens (including phenoxy) is 1. The molecule has 0 aromatic heterocycles. The Hall–Kier alpha value is -3.15. The number of nitrogens with one attached hydrogen (secondary N) is 1. The SMILES string of the molecule is CC[C@H](C)c1ccc(OCC(=O)Nc2ccc3c(c2)C(=O)N(C)C3=O)cc1. The fourth-order valence-electron chi connectivity index (χ4n) is 2.91. The number of nitrogens with zero attached hydrogens (tertiary/aromatic N) is 1. The number of carbonyl (C=O) groups is 3. The summed E-state index contributed by atoms with van der Waals surface area (Å²) in [6, 6.07) is 12.4. The molecule has 2 aromatic rings. The monoisotopic (exact) mass is 366 g/mol. The fourth-order valence-corrected chi connectivity index (χ4v) is 2.91. The quantitative estimate of drug-likeness (QED) is 0.795. The summed E-state index contributed by atoms with van der Waals surface area (Å²) in [5.41, 5.74) is 2.32. The molecule has 27 heavy (non-hydrogen) atoms. The van der Waals surface area contributed by atoms with E-state index in [0.29, 0.717) is 28.5 Å². The Morgan fingerprint density at radius 3 is 2.41 bits per heavy atom. The van der Waals surface area contributed by atoms with E-state index in [-0.39, 0.29) is 24.3 Å². The summed E-state index contributed by atoms with van der Waals surface area (Å²) >= 11 is 0. The van der Waals surface area contributed by atoms with Gasteiger partial charge in [-0.3, -0.25) is 19.3 Å². The van der Waals surface area contributed by atoms with Gasteiger partial charge in [0.05, 0.1) is 11.1 Å². The number of carbonyl (C=O) groups excluding carboxylic acids is 3. The van der Waals surface area contributed by atoms with Crippen molar-refractivity contribution in [2.24, 2.45) is 0 Å². The minimum atomic E-state index is -0.372. The van der Waals surface area contributed by atoms with Crippen molar-refractivity contribution < 1.29 is 19.1 Å². The van der Waals surface area contributed by atoms with Crippen LogP contribution in [0.2, 0.25) is 0 Å². The maximum Gasteiger partial charge on any atom is 0.262 e. The van der Waals surface area contributed by atoms with Gasteiger partial charge in [0.2, 0.25) is 0 Å². The number of hydrogen-bond donors (Lipinski definition) is 1. The normalized spacial score (nSPS) is 14.1. The second-order valence-corrected chi connectivity index (χ2v) is 6.64. The first-order chi connectivity index (χ1) is 12.9. The van der Waals surface area contributed by atoms with E-state index in [0.717, 1.165) is 11.3 Å². The number of imide groups is 1. The molecule has 0 radical (unpaired) electrons. The zero-order valence-electron chi connectivity index (χ0n) is 15.6. The van der Waals surface area contributed by atoms with Gasteiger partial charge in [-0.1, -0.05) is 26.0 Å². The van der Waals surface area contributed by atoms with Gasteiger partial charge in [0.15, 0.2) is 6.61 Å². The van der Waals surface area contributed by atoms with Crippen molar-refractivity contribution in [2.45, 2.75) is 26.2 Å². The van der Waals surface area contributed by atoms with Crippen LogP contribution in [0.4, 0.5) is 5.69 Å². The van der Waals surface area contributed by atoms with Crippen LogP contribution in [0.3, 0.4) is 0 Å². The van der Waals surface area contributed by atoms with E-state index in [1.165, 1.54) is 18.7 Å². The topological polar surface area (TPSA) is 75.7 Å². The van der Waals surface area contributed by atoms with Crippen molar-refractivity contribution in [1.29, 1.82) is 0 Å². The van der Waals surface area contributed by atoms with Crippen molar-refractivity contribution >= 4 is 23.4 Å². The zero-order chi connectivity index (χ0) is 19.6. The lowest BCUT2D eigenvalue weighted by Crippen LogP contribution is -2.24. The lowest BCUT2D eigenvalue weighted by molar-refractivity contribution is -0.118. The highest BCUT2D eigenvalue weighted by Gasteiger charge is 2.32. The summed E-state index contributed by atoms with van der Waals surface area (Å²) < 4.78 is 5.51. The molecule has 6 heteroatoms. The van der Waals surface area contributed by atoms with Gasteiger partial charge in [0.25, 0.3) is 17.7 Å². The average molecular weight is 366 g/mol. The molecule has 1 aliphatic heterocycles. The molecule has 1 atom stereocenters. The summed E-state index contributed by atoms with van der Waals surface area (Å²) in [6.45, 7) is 4.16. The van der Waals surface area contributed by atoms with Crippen LogP contribution in [0.25, 0.3) is 0 Å². The van der Waals surface area contributed by atoms with Crippen LogP contribution in [0, 0.1) is 0 Å². The van der Waals surface area contributed by atoms with Gasteiger partial charge in [-0.2, -0.15) is 0 Å². The van der Waals surface area contributed by atoms with Crippen molar-refractivity contribution in [3.8, 4) is 5.75 Å². The summed E-state index contributed by atoms with van der Waals surface area (Å²) in [5.74, 6) is 0.0521. The third kappa shape index (κ3) is 3.84. The van der Waals surface area contributed by atoms with Crippen LogP contribution in [0.1, 0.15) is 52.5 Å². The Labute approximate surface area is 158 Å². The van der Waals surface area contributed by atoms with Gasteiger partial charge in [-0.15, -0.1) is 0 Å². The maximum absolute atomic E-state index is 12.1. The van der Waals surface area contributed by atoms with Crippen LogP contribution in [0.15, 0.2) is 42.5 Å². The minimum absolute atomic E-state index is 0.146. The first-order valence-electron chi connectivity index (χ1n) is 8.89. The lowest BCUT2D eigenvalue weighted by Gasteiger charge is -2.11. The number of amides is 3. The maximum atomic E-state index is 12.1. The molecule has 140 valence electrons. The summed E-state index contributed by atoms with van der Waals surface area (Å²) in [7, 11) is 1.43. The Morgan fingerprint density at radius 1 is 1.07 bits per heavy atom. The second-order valence-electron chi connectivity index (χ2n) is 6.64. The molecule has 0 spiro atoms. The molecule has 0 bridgehead atoms. The number of benzene rings is 2. The summed E-state index contributed by atoms with van der Waals surface area (Å²) in [5, 5.41) is 2.68. The molecule has 6 nitrogen and oxygen atoms in total. The number of rotatable bonds is 6. The summed E-state index contributed by atoms with van der Waals surface area (Å²) in [6.07, 6.45) is 1.06. The molecular weight excluding hydrogens is 344 g/mol. The van der Waals surface area contributed by atoms with Crippen LogP contribution < -0.4 is 10.1 Å². The van der Waals surface area contributed by atoms with Crippen LogP contribution >= 0.6 is 0 Å². The molecule has 3 amide bonds. The average Bonchev–Trinajstić information content (AvgIpc) is 2.90. The zero-order valence-corrected chi connectivity index (χ0v) is 15.6. The highest BCUT2D eigenvalue weighted by molar-refractivity contribution is 6.21. The molecule has 0 saturated carbocycles. The molecule has 0 saturated heterocycles. The van der Waals surface area contributed by atoms with Gasteiger partial charge in [0, 0.05) is 12.7 Å². The molecule has 1 heterocycles. The fraction of sp³-hybridized carbons (Fsp3) is 0.286. The van der Waals surface area contributed by atoms with Crippen molar-refractivity contribution in [1.82, 2.24) is 4.90 Å². The van der Waals surface area contributed by atoms with E-state index in [1.807, 2.05) is 24.3 Å². The Kier molecular flexibility index (Phi) is 5.26. The molecule has 3 rings (SSSR count). The smallest absolute Gasteiger partial charge is 0.262 e. The molecule has 1 aliphatic rings. The standard InChI is InChI=1S/C21H22N2O4/c1-4-13(2)14-5-8-16(9-6-14)27-12-19(24)22-15-7-10-17-18(11-15)21(26)23(3)20(17)25/h5-11,13H,4,12H2,1-3H3,(H,22,24)/t13-/m0/s1. The van der Waals surface area contributed by atoms with Crippen molar-refractivity contribution in [3.63, 3.8) is 0 Å². The van der Waals surface area contributed by atoms with Crippen molar-refractivity contribution in [2.75, 3.05) is 19.0 Å². The van der Waals surface area contributed by atoms with Gasteiger partial charge in [-0.25, -0.2) is 0 Å². The first-order valence-corrected chi connectivity index (χ1v) is 8.89. The van der Waals surface area contributed by atoms with Crippen LogP contribution in [-0.2, 0) is 4.79 Å². The van der Waals surface area contributed by atoms with E-state index >= 15 is 0 Å². The Bertz CT molecular complexity index is 890. The predicted octanol–water partition coefficient (Wildman–Crippen LogP) is 3.44. The van der Waals surface area contributed by atoms with E-state index < -0.39 is 0 Å². The Balaban J connectivity index is 1.59. The van der Waals surface area contributed by atoms with E-state index in [4.69, 9.17) is 4.74 Å². The first kappa shape index (κ1) is 18.6. The van der Waals surface area contributed by atoms with Gasteiger partial charge in [0.1, 0.15) is 5.75 Å². The van der Waals surface area contributed by atoms with Crippen LogP contribution in [-0.4, -0.2) is 36.3 Å². The van der Waals surface area contributed by atoms with Gasteiger partial charge in [-0.05, 0) is 48.2 Å². The Morgan fingerprint density at radius 2 is 1.74 bits per heavy atom. The van der Waals surface area contributed by atoms with Crippen LogP contribution in [0.5, 0.6) is 5.75 Å². The molecule has 0 unspecified atom stereocenters. The number of hydrogen-bond acceptors (Lipinski definition) is 4. The van der Waals surface area contributed by atoms with E-state index in [9.17, 15) is 14.4 Å². The predicted molar refractivity (Wildman–Crippen MR) is 102 cm³/mol. The largest absolute Gasteiger partial charge is 0.484 e. The second kappa shape index (κ2) is 7.61. The molecule has 0 aliphatic carbocycles. The van der Waals surface area contributed by atoms with Gasteiger partial charge >= 0.3 is 0 Å².